The van der Waals surface area contributed by atoms with E-state index < -0.39 is 43.4 Å². The number of anilines is 1. The zero-order valence-electron chi connectivity index (χ0n) is 12.0. The molecule has 1 saturated heterocycles. The summed E-state index contributed by atoms with van der Waals surface area (Å²) in [5, 5.41) is 29.1. The number of aryl methyl sites for hydroxylation is 1. The van der Waals surface area contributed by atoms with E-state index in [-0.39, 0.29) is 23.7 Å². The van der Waals surface area contributed by atoms with Crippen LogP contribution in [0.3, 0.4) is 0 Å². The molecule has 2 aromatic rings. The predicted molar refractivity (Wildman–Crippen MR) is 73.9 cm³/mol. The number of aliphatic hydroxyl groups is 3. The van der Waals surface area contributed by atoms with Gasteiger partial charge in [-0.2, -0.15) is 0 Å². The number of hydrogen-bond acceptors (Lipinski definition) is 7. The van der Waals surface area contributed by atoms with E-state index in [0.717, 1.165) is 0 Å². The molecule has 6 N–H and O–H groups in total. The Bertz CT molecular complexity index is 777. The molecule has 0 unspecified atom stereocenters. The molecule has 4 atom stereocenters. The highest BCUT2D eigenvalue weighted by Gasteiger charge is 2.46. The second-order valence-electron chi connectivity index (χ2n) is 5.26. The van der Waals surface area contributed by atoms with E-state index in [0.29, 0.717) is 0 Å². The molecule has 0 amide bonds. The maximum atomic E-state index is 12.7. The van der Waals surface area contributed by atoms with Gasteiger partial charge in [-0.3, -0.25) is 14.3 Å². The first-order valence-electron chi connectivity index (χ1n) is 6.96. The third-order valence-corrected chi connectivity index (χ3v) is 3.81. The Morgan fingerprint density at radius 3 is 2.83 bits per heavy atom. The Balaban J connectivity index is 2.16. The summed E-state index contributed by atoms with van der Waals surface area (Å²) < 4.78 is 20.7. The SMILES string of the molecule is Nc1nc2c(c(=O)[nH]1)n(CCF)c[n+]2[C@@H]1O[C@H](CO)[C@@H](O)[C@H]1O. The molecule has 0 aromatic carbocycles. The monoisotopic (exact) mass is 330 g/mol. The minimum absolute atomic E-state index is 0.0644. The molecule has 0 bridgehead atoms. The van der Waals surface area contributed by atoms with Crippen LogP contribution < -0.4 is 15.9 Å². The first-order valence-corrected chi connectivity index (χ1v) is 6.96. The lowest BCUT2D eigenvalue weighted by molar-refractivity contribution is -0.746. The second-order valence-corrected chi connectivity index (χ2v) is 5.26. The van der Waals surface area contributed by atoms with E-state index in [4.69, 9.17) is 15.6 Å². The van der Waals surface area contributed by atoms with Crippen LogP contribution in [0.5, 0.6) is 0 Å². The molecule has 126 valence electrons. The summed E-state index contributed by atoms with van der Waals surface area (Å²) in [4.78, 5) is 18.4. The van der Waals surface area contributed by atoms with Crippen LogP contribution in [0.4, 0.5) is 10.3 Å². The number of nitrogens with zero attached hydrogens (tertiary/aromatic N) is 3. The number of H-pyrrole nitrogens is 1. The van der Waals surface area contributed by atoms with Crippen molar-refractivity contribution in [2.24, 2.45) is 0 Å². The number of nitrogen functional groups attached to an aromatic ring is 1. The summed E-state index contributed by atoms with van der Waals surface area (Å²) in [5.74, 6) is -0.152. The van der Waals surface area contributed by atoms with E-state index in [9.17, 15) is 19.4 Å². The van der Waals surface area contributed by atoms with Gasteiger partial charge in [-0.15, -0.1) is 0 Å². The Morgan fingerprint density at radius 2 is 2.22 bits per heavy atom. The molecule has 0 spiro atoms. The van der Waals surface area contributed by atoms with Gasteiger partial charge in [-0.25, -0.2) is 8.96 Å². The number of nitrogens with one attached hydrogen (secondary N) is 1. The number of fused-ring (bicyclic) bond motifs is 1. The van der Waals surface area contributed by atoms with Crippen LogP contribution in [0, 0.1) is 0 Å². The van der Waals surface area contributed by atoms with Crippen LogP contribution in [0.1, 0.15) is 6.23 Å². The van der Waals surface area contributed by atoms with Crippen LogP contribution in [-0.2, 0) is 11.3 Å². The van der Waals surface area contributed by atoms with Gasteiger partial charge < -0.3 is 25.8 Å². The number of imidazole rings is 1. The number of alkyl halides is 1. The van der Waals surface area contributed by atoms with Crippen LogP contribution in [0.25, 0.3) is 11.2 Å². The largest absolute Gasteiger partial charge is 0.394 e. The van der Waals surface area contributed by atoms with Crippen molar-refractivity contribution in [3.8, 4) is 0 Å². The predicted octanol–water partition coefficient (Wildman–Crippen LogP) is -2.82. The van der Waals surface area contributed by atoms with Crippen molar-refractivity contribution in [3.05, 3.63) is 16.7 Å². The van der Waals surface area contributed by atoms with Gasteiger partial charge in [-0.1, -0.05) is 4.98 Å². The maximum Gasteiger partial charge on any atom is 0.313 e. The number of rotatable bonds is 4. The first-order chi connectivity index (χ1) is 11.0. The summed E-state index contributed by atoms with van der Waals surface area (Å²) in [6.45, 7) is -1.31. The van der Waals surface area contributed by atoms with Gasteiger partial charge in [0.05, 0.1) is 13.2 Å². The van der Waals surface area contributed by atoms with Crippen molar-refractivity contribution in [3.63, 3.8) is 0 Å². The lowest BCUT2D eigenvalue weighted by Gasteiger charge is -2.12. The third-order valence-electron chi connectivity index (χ3n) is 3.81. The van der Waals surface area contributed by atoms with Gasteiger partial charge in [0.1, 0.15) is 25.0 Å². The zero-order valence-corrected chi connectivity index (χ0v) is 12.0. The number of halogens is 1. The number of aliphatic hydroxyl groups excluding tert-OH is 3. The molecule has 1 aliphatic heterocycles. The van der Waals surface area contributed by atoms with Gasteiger partial charge >= 0.3 is 5.65 Å². The fourth-order valence-corrected chi connectivity index (χ4v) is 2.73. The van der Waals surface area contributed by atoms with E-state index in [2.05, 4.69) is 9.97 Å². The molecule has 1 fully saturated rings. The second kappa shape index (κ2) is 5.85. The van der Waals surface area contributed by atoms with Crippen molar-refractivity contribution in [2.75, 3.05) is 19.0 Å². The van der Waals surface area contributed by atoms with Gasteiger partial charge in [0.15, 0.2) is 6.33 Å². The summed E-state index contributed by atoms with van der Waals surface area (Å²) in [6.07, 6.45) is -3.40. The van der Waals surface area contributed by atoms with E-state index in [1.807, 2.05) is 0 Å². The number of aromatic nitrogens is 4. The van der Waals surface area contributed by atoms with Gasteiger partial charge in [0.25, 0.3) is 11.5 Å². The van der Waals surface area contributed by atoms with Crippen molar-refractivity contribution < 1.29 is 29.0 Å². The Hall–Kier alpha value is -2.08. The summed E-state index contributed by atoms with van der Waals surface area (Å²) in [5.41, 5.74) is 5.11. The Labute approximate surface area is 128 Å². The number of hydrogen-bond donors (Lipinski definition) is 5. The van der Waals surface area contributed by atoms with Crippen LogP contribution in [0.2, 0.25) is 0 Å². The number of aromatic amines is 1. The zero-order chi connectivity index (χ0) is 16.7. The number of nitrogens with two attached hydrogens (primary N) is 1. The molecule has 0 radical (unpaired) electrons. The average molecular weight is 330 g/mol. The molecule has 0 saturated carbocycles. The van der Waals surface area contributed by atoms with Crippen molar-refractivity contribution in [2.45, 2.75) is 31.1 Å². The highest BCUT2D eigenvalue weighted by Crippen LogP contribution is 2.26. The number of ether oxygens (including phenoxy) is 1. The smallest absolute Gasteiger partial charge is 0.313 e. The molecule has 1 aliphatic rings. The maximum absolute atomic E-state index is 12.7. The molecule has 11 heteroatoms. The van der Waals surface area contributed by atoms with Crippen molar-refractivity contribution >= 4 is 17.1 Å². The molecule has 23 heavy (non-hydrogen) atoms. The van der Waals surface area contributed by atoms with E-state index in [1.165, 1.54) is 15.5 Å². The molecule has 3 heterocycles. The lowest BCUT2D eigenvalue weighted by atomic mass is 10.1. The van der Waals surface area contributed by atoms with E-state index >= 15 is 0 Å². The summed E-state index contributed by atoms with van der Waals surface area (Å²) >= 11 is 0. The van der Waals surface area contributed by atoms with Gasteiger partial charge in [0, 0.05) is 0 Å². The van der Waals surface area contributed by atoms with E-state index in [1.54, 1.807) is 0 Å². The Morgan fingerprint density at radius 1 is 1.48 bits per heavy atom. The summed E-state index contributed by atoms with van der Waals surface area (Å²) in [6, 6.07) is 0. The Kier molecular flexibility index (Phi) is 4.02. The minimum atomic E-state index is -1.36. The highest BCUT2D eigenvalue weighted by molar-refractivity contribution is 5.67. The normalized spacial score (nSPS) is 27.8. The summed E-state index contributed by atoms with van der Waals surface area (Å²) in [7, 11) is 0. The van der Waals surface area contributed by atoms with Crippen molar-refractivity contribution in [1.29, 1.82) is 0 Å². The quantitative estimate of drug-likeness (QED) is 0.379. The molecule has 0 aliphatic carbocycles. The fraction of sp³-hybridized carbons (Fsp3) is 0.583. The first kappa shape index (κ1) is 15.8. The molecule has 10 nitrogen and oxygen atoms in total. The molecule has 3 rings (SSSR count). The van der Waals surface area contributed by atoms with Gasteiger partial charge in [0.2, 0.25) is 11.7 Å². The lowest BCUT2D eigenvalue weighted by Crippen LogP contribution is -2.46. The van der Waals surface area contributed by atoms with Crippen molar-refractivity contribution in [1.82, 2.24) is 14.5 Å². The fourth-order valence-electron chi connectivity index (χ4n) is 2.73. The van der Waals surface area contributed by atoms with Crippen LogP contribution in [-0.4, -0.2) is 61.4 Å². The van der Waals surface area contributed by atoms with Gasteiger partial charge in [-0.05, 0) is 0 Å². The highest BCUT2D eigenvalue weighted by atomic mass is 19.1. The molecule has 2 aromatic heterocycles. The van der Waals surface area contributed by atoms with Crippen LogP contribution in [0.15, 0.2) is 11.1 Å². The average Bonchev–Trinajstić information content (AvgIpc) is 2.99. The van der Waals surface area contributed by atoms with Crippen LogP contribution >= 0.6 is 0 Å². The topological polar surface area (TPSA) is 150 Å². The molecular formula is C12H17FN5O5+. The third kappa shape index (κ3) is 2.47. The molecular weight excluding hydrogens is 313 g/mol. The minimum Gasteiger partial charge on any atom is -0.394 e. The standard InChI is InChI=1S/C12H16FN5O5/c13-1-2-17-4-18(9-6(17)10(22)16-12(14)15-9)11-8(21)7(20)5(3-19)23-11/h4-5,7-8,11,19-21H,1-3H2,(H2-,14,15,16,22)/p+1/t5-,7-,8-,11-/m1/s1.